The van der Waals surface area contributed by atoms with Crippen LogP contribution in [0.3, 0.4) is 0 Å². The minimum Gasteiger partial charge on any atom is -0.409 e. The van der Waals surface area contributed by atoms with Gasteiger partial charge < -0.3 is 15.8 Å². The number of rotatable bonds is 2. The monoisotopic (exact) mass is 263 g/mol. The van der Waals surface area contributed by atoms with E-state index in [9.17, 15) is 0 Å². The van der Waals surface area contributed by atoms with Crippen molar-refractivity contribution in [2.45, 2.75) is 25.9 Å². The second kappa shape index (κ2) is 5.44. The number of piperazine rings is 1. The molecule has 1 aromatic rings. The molecule has 1 aliphatic heterocycles. The topological polar surface area (TPSA) is 78.0 Å². The molecule has 0 aliphatic carbocycles. The molecular weight excluding hydrogens is 242 g/mol. The lowest BCUT2D eigenvalue weighted by Crippen LogP contribution is -2.55. The van der Waals surface area contributed by atoms with Gasteiger partial charge in [0.15, 0.2) is 5.84 Å². The maximum Gasteiger partial charge on any atom is 0.188 e. The zero-order valence-electron chi connectivity index (χ0n) is 11.6. The minimum absolute atomic E-state index is 0.0339. The maximum atomic E-state index is 8.61. The molecule has 1 aliphatic rings. The number of likely N-dealkylation sites (N-methyl/N-ethyl adjacent to an activating group) is 1. The summed E-state index contributed by atoms with van der Waals surface area (Å²) in [7, 11) is 2.16. The van der Waals surface area contributed by atoms with Crippen LogP contribution in [0.4, 0.5) is 5.69 Å². The van der Waals surface area contributed by atoms with Crippen molar-refractivity contribution in [2.24, 2.45) is 10.9 Å². The van der Waals surface area contributed by atoms with Crippen LogP contribution in [-0.4, -0.2) is 53.1 Å². The van der Waals surface area contributed by atoms with Gasteiger partial charge in [0.1, 0.15) is 5.69 Å². The quantitative estimate of drug-likeness (QED) is 0.355. The van der Waals surface area contributed by atoms with E-state index in [1.165, 1.54) is 0 Å². The number of nitrogens with two attached hydrogens (primary N) is 1. The summed E-state index contributed by atoms with van der Waals surface area (Å²) in [6, 6.07) is 4.75. The predicted octanol–water partition coefficient (Wildman–Crippen LogP) is 0.705. The molecule has 104 valence electrons. The summed E-state index contributed by atoms with van der Waals surface area (Å²) < 4.78 is 0. The van der Waals surface area contributed by atoms with E-state index in [1.807, 2.05) is 6.07 Å². The Morgan fingerprint density at radius 3 is 2.47 bits per heavy atom. The fraction of sp³-hybridized carbons (Fsp3) is 0.538. The van der Waals surface area contributed by atoms with Gasteiger partial charge in [-0.05, 0) is 33.0 Å². The lowest BCUT2D eigenvalue weighted by atomic mass is 10.1. The van der Waals surface area contributed by atoms with Gasteiger partial charge in [0.05, 0.1) is 11.9 Å². The summed E-state index contributed by atoms with van der Waals surface area (Å²) in [6.45, 7) is 6.40. The van der Waals surface area contributed by atoms with Gasteiger partial charge in [0, 0.05) is 25.2 Å². The van der Waals surface area contributed by atoms with E-state index in [2.05, 4.69) is 40.8 Å². The van der Waals surface area contributed by atoms with Gasteiger partial charge in [0.2, 0.25) is 0 Å². The summed E-state index contributed by atoms with van der Waals surface area (Å²) >= 11 is 0. The Bertz CT molecular complexity index is 447. The number of aromatic nitrogens is 1. The fourth-order valence-corrected chi connectivity index (χ4v) is 2.39. The SMILES string of the molecule is CC1CN(c2ccc(/C(N)=N/O)nc2)CC(C)N1C. The largest absolute Gasteiger partial charge is 0.409 e. The smallest absolute Gasteiger partial charge is 0.188 e. The van der Waals surface area contributed by atoms with Gasteiger partial charge in [-0.2, -0.15) is 0 Å². The number of oxime groups is 1. The Morgan fingerprint density at radius 1 is 1.37 bits per heavy atom. The predicted molar refractivity (Wildman–Crippen MR) is 75.6 cm³/mol. The normalized spacial score (nSPS) is 25.6. The number of hydrogen-bond donors (Lipinski definition) is 2. The van der Waals surface area contributed by atoms with E-state index in [1.54, 1.807) is 12.3 Å². The van der Waals surface area contributed by atoms with Crippen molar-refractivity contribution in [1.82, 2.24) is 9.88 Å². The van der Waals surface area contributed by atoms with Gasteiger partial charge in [-0.3, -0.25) is 9.88 Å². The van der Waals surface area contributed by atoms with Crippen LogP contribution >= 0.6 is 0 Å². The highest BCUT2D eigenvalue weighted by molar-refractivity contribution is 5.95. The number of anilines is 1. The summed E-state index contributed by atoms with van der Waals surface area (Å²) in [4.78, 5) is 8.92. The van der Waals surface area contributed by atoms with Crippen molar-refractivity contribution in [1.29, 1.82) is 0 Å². The van der Waals surface area contributed by atoms with Crippen LogP contribution in [0, 0.1) is 0 Å². The van der Waals surface area contributed by atoms with Crippen LogP contribution in [0.1, 0.15) is 19.5 Å². The van der Waals surface area contributed by atoms with E-state index >= 15 is 0 Å². The fourth-order valence-electron chi connectivity index (χ4n) is 2.39. The molecule has 6 heteroatoms. The number of nitrogens with zero attached hydrogens (tertiary/aromatic N) is 4. The molecule has 19 heavy (non-hydrogen) atoms. The van der Waals surface area contributed by atoms with E-state index < -0.39 is 0 Å². The average molecular weight is 263 g/mol. The van der Waals surface area contributed by atoms with Gasteiger partial charge in [-0.15, -0.1) is 0 Å². The third kappa shape index (κ3) is 2.78. The summed E-state index contributed by atoms with van der Waals surface area (Å²) in [5.41, 5.74) is 7.06. The molecule has 1 fully saturated rings. The first kappa shape index (κ1) is 13.6. The van der Waals surface area contributed by atoms with Gasteiger partial charge in [-0.25, -0.2) is 0 Å². The molecule has 2 unspecified atom stereocenters. The van der Waals surface area contributed by atoms with Gasteiger partial charge in [0.25, 0.3) is 0 Å². The van der Waals surface area contributed by atoms with E-state index in [-0.39, 0.29) is 5.84 Å². The molecular formula is C13H21N5O. The second-order valence-electron chi connectivity index (χ2n) is 5.16. The van der Waals surface area contributed by atoms with Crippen molar-refractivity contribution in [3.8, 4) is 0 Å². The Kier molecular flexibility index (Phi) is 3.90. The van der Waals surface area contributed by atoms with Crippen molar-refractivity contribution in [2.75, 3.05) is 25.0 Å². The molecule has 1 saturated heterocycles. The first-order valence-electron chi connectivity index (χ1n) is 6.43. The lowest BCUT2D eigenvalue weighted by molar-refractivity contribution is 0.170. The molecule has 0 radical (unpaired) electrons. The molecule has 2 heterocycles. The highest BCUT2D eigenvalue weighted by Crippen LogP contribution is 2.20. The van der Waals surface area contributed by atoms with Crippen LogP contribution in [0.2, 0.25) is 0 Å². The molecule has 6 nitrogen and oxygen atoms in total. The Labute approximate surface area is 113 Å². The third-order valence-corrected chi connectivity index (χ3v) is 3.84. The van der Waals surface area contributed by atoms with Crippen molar-refractivity contribution < 1.29 is 5.21 Å². The van der Waals surface area contributed by atoms with Crippen LogP contribution < -0.4 is 10.6 Å². The summed E-state index contributed by atoms with van der Waals surface area (Å²) in [5.74, 6) is 0.0339. The van der Waals surface area contributed by atoms with Crippen LogP contribution in [0.25, 0.3) is 0 Å². The zero-order chi connectivity index (χ0) is 14.0. The van der Waals surface area contributed by atoms with Crippen molar-refractivity contribution >= 4 is 11.5 Å². The third-order valence-electron chi connectivity index (χ3n) is 3.84. The standard InChI is InChI=1S/C13H21N5O/c1-9-7-18(8-10(2)17(9)3)11-4-5-12(15-6-11)13(14)16-19/h4-6,9-10,19H,7-8H2,1-3H3,(H2,14,16). The van der Waals surface area contributed by atoms with Crippen LogP contribution in [0.15, 0.2) is 23.5 Å². The molecule has 2 rings (SSSR count). The molecule has 0 saturated carbocycles. The highest BCUT2D eigenvalue weighted by atomic mass is 16.4. The molecule has 0 amide bonds. The van der Waals surface area contributed by atoms with E-state index in [0.717, 1.165) is 18.8 Å². The van der Waals surface area contributed by atoms with E-state index in [0.29, 0.717) is 17.8 Å². The first-order chi connectivity index (χ1) is 9.02. The Balaban J connectivity index is 2.14. The van der Waals surface area contributed by atoms with Gasteiger partial charge in [-0.1, -0.05) is 5.16 Å². The molecule has 3 N–H and O–H groups in total. The Morgan fingerprint density at radius 2 is 2.00 bits per heavy atom. The molecule has 1 aromatic heterocycles. The summed E-state index contributed by atoms with van der Waals surface area (Å²) in [6.07, 6.45) is 1.78. The number of hydrogen-bond acceptors (Lipinski definition) is 5. The highest BCUT2D eigenvalue weighted by Gasteiger charge is 2.26. The first-order valence-corrected chi connectivity index (χ1v) is 6.43. The second-order valence-corrected chi connectivity index (χ2v) is 5.16. The van der Waals surface area contributed by atoms with E-state index in [4.69, 9.17) is 10.9 Å². The molecule has 0 bridgehead atoms. The van der Waals surface area contributed by atoms with Crippen molar-refractivity contribution in [3.05, 3.63) is 24.0 Å². The maximum absolute atomic E-state index is 8.61. The zero-order valence-corrected chi connectivity index (χ0v) is 11.6. The van der Waals surface area contributed by atoms with Gasteiger partial charge >= 0.3 is 0 Å². The van der Waals surface area contributed by atoms with Crippen molar-refractivity contribution in [3.63, 3.8) is 0 Å². The number of pyridine rings is 1. The molecule has 0 spiro atoms. The Hall–Kier alpha value is -1.82. The average Bonchev–Trinajstić information content (AvgIpc) is 2.43. The molecule has 0 aromatic carbocycles. The molecule has 2 atom stereocenters. The minimum atomic E-state index is 0.0339. The van der Waals surface area contributed by atoms with Crippen LogP contribution in [0.5, 0.6) is 0 Å². The van der Waals surface area contributed by atoms with Crippen LogP contribution in [-0.2, 0) is 0 Å². The number of amidine groups is 1. The summed E-state index contributed by atoms with van der Waals surface area (Å²) in [5, 5.41) is 11.6. The lowest BCUT2D eigenvalue weighted by Gasteiger charge is -2.43.